The van der Waals surface area contributed by atoms with Crippen molar-refractivity contribution in [2.75, 3.05) is 0 Å². The number of rotatable bonds is 4. The third-order valence-electron chi connectivity index (χ3n) is 15.1. The summed E-state index contributed by atoms with van der Waals surface area (Å²) < 4.78 is 6.57. The molecule has 1 nitrogen and oxygen atoms in total. The minimum atomic E-state index is 0.0931. The van der Waals surface area contributed by atoms with Gasteiger partial charge in [0, 0.05) is 10.8 Å². The lowest BCUT2D eigenvalue weighted by atomic mass is 9.61. The smallest absolute Gasteiger partial charge is 0.128 e. The van der Waals surface area contributed by atoms with Crippen molar-refractivity contribution in [3.05, 3.63) is 152 Å². The first-order valence-electron chi connectivity index (χ1n) is 23.0. The molecule has 0 unspecified atom stereocenters. The number of hydrogen-bond donors (Lipinski definition) is 0. The van der Waals surface area contributed by atoms with Gasteiger partial charge in [0.15, 0.2) is 0 Å². The van der Waals surface area contributed by atoms with Crippen LogP contribution in [0.3, 0.4) is 0 Å². The standard InChI is InChI=1S/C60H25B9O/c61-50-45(52(63)58(69)60-48(50)49-51(62)46-47(55(66)59(49)70-60)54(65)57(68)56(67)53(46)64)39-25-33(34-20-16-31-14-12-27-8-4-10-29-18-22-36(34)43(31)40(27)29)24-38(42(39)26-6-2-1-3-7-26)35-21-17-32-15-13-28-9-5-11-30-19-23-37(35)44(32)41(28)30/h1-25H. The molecule has 0 aliphatic rings. The second kappa shape index (κ2) is 14.8. The Morgan fingerprint density at radius 2 is 0.700 bits per heavy atom. The topological polar surface area (TPSA) is 13.1 Å². The summed E-state index contributed by atoms with van der Waals surface area (Å²) in [6.45, 7) is 0. The summed E-state index contributed by atoms with van der Waals surface area (Å²) in [5.41, 5.74) is 9.03. The minimum absolute atomic E-state index is 0.0931. The summed E-state index contributed by atoms with van der Waals surface area (Å²) in [5.74, 6) is 0. The summed E-state index contributed by atoms with van der Waals surface area (Å²) in [5, 5.41) is 15.6. The fourth-order valence-electron chi connectivity index (χ4n) is 11.8. The first-order valence-corrected chi connectivity index (χ1v) is 23.0. The molecule has 0 bridgehead atoms. The van der Waals surface area contributed by atoms with Gasteiger partial charge in [-0.1, -0.05) is 172 Å². The Bertz CT molecular complexity index is 4600. The molecule has 298 valence electrons. The summed E-state index contributed by atoms with van der Waals surface area (Å²) in [6, 6.07) is 54.4. The molecule has 14 rings (SSSR count). The molecule has 0 amide bonds. The zero-order valence-electron chi connectivity index (χ0n) is 37.5. The van der Waals surface area contributed by atoms with Crippen molar-refractivity contribution >= 4 is 217 Å². The van der Waals surface area contributed by atoms with Crippen LogP contribution in [0.15, 0.2) is 156 Å². The van der Waals surface area contributed by atoms with Gasteiger partial charge in [0.1, 0.15) is 81.8 Å². The highest BCUT2D eigenvalue weighted by Gasteiger charge is 2.27. The van der Waals surface area contributed by atoms with Crippen LogP contribution < -0.4 is 49.2 Å². The van der Waals surface area contributed by atoms with Crippen molar-refractivity contribution < 1.29 is 4.42 Å². The van der Waals surface area contributed by atoms with Crippen LogP contribution in [0.2, 0.25) is 0 Å². The van der Waals surface area contributed by atoms with Crippen LogP contribution in [0, 0.1) is 0 Å². The molecule has 1 heterocycles. The Labute approximate surface area is 415 Å². The average molecular weight is 859 g/mol. The van der Waals surface area contributed by atoms with E-state index in [0.717, 1.165) is 60.5 Å². The largest absolute Gasteiger partial charge is 0.457 e. The first kappa shape index (κ1) is 41.5. The summed E-state index contributed by atoms with van der Waals surface area (Å²) in [6.07, 6.45) is 0. The van der Waals surface area contributed by atoms with Crippen molar-refractivity contribution in [1.82, 2.24) is 0 Å². The van der Waals surface area contributed by atoms with E-state index >= 15 is 0 Å². The van der Waals surface area contributed by atoms with Crippen LogP contribution in [-0.2, 0) is 0 Å². The van der Waals surface area contributed by atoms with Crippen LogP contribution >= 0.6 is 0 Å². The monoisotopic (exact) mass is 860 g/mol. The lowest BCUT2D eigenvalue weighted by Gasteiger charge is -2.25. The highest BCUT2D eigenvalue weighted by atomic mass is 16.3. The number of furan rings is 1. The van der Waals surface area contributed by atoms with E-state index in [2.05, 4.69) is 133 Å². The molecule has 0 saturated heterocycles. The molecule has 10 heteroatoms. The molecule has 0 aliphatic carbocycles. The molecule has 13 aromatic carbocycles. The second-order valence-electron chi connectivity index (χ2n) is 18.6. The van der Waals surface area contributed by atoms with Gasteiger partial charge in [-0.05, 0) is 138 Å². The second-order valence-corrected chi connectivity index (χ2v) is 18.6. The SMILES string of the molecule is [B]c1c(-c2cc(-c3ccc4ccc5cccc6ccc3c4c56)cc(-c3ccc4ccc5cccc6ccc3c4c56)c2-c2ccccc2)c([B])c2c(oc3c([B])c4c([B])c([B])c([B])c([B])c4c([B])c32)c1[B]. The highest BCUT2D eigenvalue weighted by Crippen LogP contribution is 2.48. The molecule has 0 saturated carbocycles. The Morgan fingerprint density at radius 1 is 0.243 bits per heavy atom. The molecular formula is C60H25B9O. The van der Waals surface area contributed by atoms with E-state index in [4.69, 9.17) is 75.0 Å². The molecule has 0 N–H and O–H groups in total. The van der Waals surface area contributed by atoms with E-state index in [9.17, 15) is 0 Å². The van der Waals surface area contributed by atoms with Gasteiger partial charge < -0.3 is 4.42 Å². The van der Waals surface area contributed by atoms with Crippen LogP contribution in [0.25, 0.3) is 142 Å². The summed E-state index contributed by atoms with van der Waals surface area (Å²) >= 11 is 0. The predicted molar refractivity (Wildman–Crippen MR) is 309 cm³/mol. The maximum atomic E-state index is 7.63. The maximum Gasteiger partial charge on any atom is 0.128 e. The van der Waals surface area contributed by atoms with Crippen molar-refractivity contribution in [1.29, 1.82) is 0 Å². The maximum absolute atomic E-state index is 7.63. The van der Waals surface area contributed by atoms with Gasteiger partial charge in [-0.15, -0.1) is 10.9 Å². The van der Waals surface area contributed by atoms with E-state index in [-0.39, 0.29) is 60.3 Å². The highest BCUT2D eigenvalue weighted by molar-refractivity contribution is 6.72. The van der Waals surface area contributed by atoms with Gasteiger partial charge in [0.25, 0.3) is 0 Å². The molecule has 0 aliphatic heterocycles. The third-order valence-corrected chi connectivity index (χ3v) is 15.1. The van der Waals surface area contributed by atoms with Crippen LogP contribution in [0.4, 0.5) is 0 Å². The molecule has 0 fully saturated rings. The van der Waals surface area contributed by atoms with E-state index in [0.29, 0.717) is 27.1 Å². The first-order chi connectivity index (χ1) is 34.0. The Hall–Kier alpha value is -7.42. The van der Waals surface area contributed by atoms with Crippen LogP contribution in [0.5, 0.6) is 0 Å². The Kier molecular flexibility index (Phi) is 8.78. The third kappa shape index (κ3) is 5.45. The van der Waals surface area contributed by atoms with Crippen molar-refractivity contribution in [2.24, 2.45) is 0 Å². The summed E-state index contributed by atoms with van der Waals surface area (Å²) in [7, 11) is 62.3. The predicted octanol–water partition coefficient (Wildman–Crippen LogP) is 6.35. The Morgan fingerprint density at radius 3 is 1.29 bits per heavy atom. The van der Waals surface area contributed by atoms with Crippen molar-refractivity contribution in [2.45, 2.75) is 0 Å². The quantitative estimate of drug-likeness (QED) is 0.149. The van der Waals surface area contributed by atoms with Gasteiger partial charge in [-0.2, -0.15) is 0 Å². The fraction of sp³-hybridized carbons (Fsp3) is 0. The molecule has 1 aromatic heterocycles. The van der Waals surface area contributed by atoms with Gasteiger partial charge in [-0.25, -0.2) is 0 Å². The fourth-order valence-corrected chi connectivity index (χ4v) is 11.8. The molecule has 70 heavy (non-hydrogen) atoms. The number of hydrogen-bond acceptors (Lipinski definition) is 1. The number of benzene rings is 13. The van der Waals surface area contributed by atoms with Crippen molar-refractivity contribution in [3.8, 4) is 44.5 Å². The van der Waals surface area contributed by atoms with E-state index in [1.807, 2.05) is 18.2 Å². The van der Waals surface area contributed by atoms with Gasteiger partial charge in [-0.3, -0.25) is 0 Å². The Balaban J connectivity index is 1.17. The lowest BCUT2D eigenvalue weighted by Crippen LogP contribution is -2.50. The zero-order valence-corrected chi connectivity index (χ0v) is 37.5. The molecular weight excluding hydrogens is 834 g/mol. The van der Waals surface area contributed by atoms with E-state index in [1.165, 1.54) is 43.1 Å². The molecule has 14 aromatic rings. The molecule has 0 spiro atoms. The van der Waals surface area contributed by atoms with Crippen molar-refractivity contribution in [3.63, 3.8) is 0 Å². The minimum Gasteiger partial charge on any atom is -0.457 e. The lowest BCUT2D eigenvalue weighted by molar-refractivity contribution is 0.675. The van der Waals surface area contributed by atoms with E-state index < -0.39 is 0 Å². The van der Waals surface area contributed by atoms with Gasteiger partial charge in [0.2, 0.25) is 0 Å². The van der Waals surface area contributed by atoms with Gasteiger partial charge in [0.05, 0.1) is 0 Å². The van der Waals surface area contributed by atoms with Crippen LogP contribution in [0.1, 0.15) is 0 Å². The van der Waals surface area contributed by atoms with E-state index in [1.54, 1.807) is 0 Å². The number of fused-ring (bicyclic) bond motifs is 4. The van der Waals surface area contributed by atoms with Crippen LogP contribution in [-0.4, -0.2) is 70.6 Å². The molecule has 0 atom stereocenters. The zero-order chi connectivity index (χ0) is 47.6. The summed E-state index contributed by atoms with van der Waals surface area (Å²) in [4.78, 5) is 0. The van der Waals surface area contributed by atoms with Gasteiger partial charge >= 0.3 is 0 Å². The normalized spacial score (nSPS) is 12.2. The average Bonchev–Trinajstić information content (AvgIpc) is 3.81. The molecule has 18 radical (unpaired) electrons.